The molecule has 1 amide bonds. The van der Waals surface area contributed by atoms with E-state index < -0.39 is 11.2 Å². The van der Waals surface area contributed by atoms with Crippen LogP contribution in [0.15, 0.2) is 46.2 Å². The zero-order chi connectivity index (χ0) is 21.3. The molecule has 158 valence electrons. The molecule has 3 aromatic rings. The highest BCUT2D eigenvalue weighted by Crippen LogP contribution is 2.19. The summed E-state index contributed by atoms with van der Waals surface area (Å²) in [5, 5.41) is 0. The van der Waals surface area contributed by atoms with E-state index in [-0.39, 0.29) is 18.4 Å². The number of benzene rings is 1. The van der Waals surface area contributed by atoms with Crippen LogP contribution in [0.3, 0.4) is 0 Å². The van der Waals surface area contributed by atoms with Gasteiger partial charge >= 0.3 is 5.69 Å². The number of rotatable bonds is 5. The predicted molar refractivity (Wildman–Crippen MR) is 111 cm³/mol. The number of aryl methyl sites for hydroxylation is 2. The van der Waals surface area contributed by atoms with Gasteiger partial charge in [0, 0.05) is 33.1 Å². The largest absolute Gasteiger partial charge is 0.493 e. The van der Waals surface area contributed by atoms with Gasteiger partial charge in [0.25, 0.3) is 5.56 Å². The van der Waals surface area contributed by atoms with Gasteiger partial charge in [0.15, 0.2) is 11.2 Å². The highest BCUT2D eigenvalue weighted by molar-refractivity contribution is 5.77. The lowest BCUT2D eigenvalue weighted by molar-refractivity contribution is -0.134. The average Bonchev–Trinajstić information content (AvgIpc) is 3.16. The standard InChI is InChI=1S/C21H25N5O4/c1-23-14-22-19-18(23)20(28)26(21(29)24(19)2)12-17(27)25-10-6-7-15(11-25)13-30-16-8-4-3-5-9-16/h3-5,8-9,14-15H,6-7,10-13H2,1-2H3. The van der Waals surface area contributed by atoms with Gasteiger partial charge in [-0.3, -0.25) is 14.2 Å². The van der Waals surface area contributed by atoms with E-state index in [1.54, 1.807) is 23.6 Å². The van der Waals surface area contributed by atoms with Crippen LogP contribution in [0.1, 0.15) is 12.8 Å². The Bertz CT molecular complexity index is 1180. The maximum atomic E-state index is 12.9. The van der Waals surface area contributed by atoms with Gasteiger partial charge in [0.1, 0.15) is 12.3 Å². The van der Waals surface area contributed by atoms with Gasteiger partial charge in [-0.25, -0.2) is 14.3 Å². The molecule has 1 aromatic carbocycles. The smallest absolute Gasteiger partial charge is 0.332 e. The number of para-hydroxylation sites is 1. The molecule has 30 heavy (non-hydrogen) atoms. The van der Waals surface area contributed by atoms with E-state index in [1.165, 1.54) is 10.9 Å². The number of likely N-dealkylation sites (tertiary alicyclic amines) is 1. The summed E-state index contributed by atoms with van der Waals surface area (Å²) < 4.78 is 9.71. The highest BCUT2D eigenvalue weighted by Gasteiger charge is 2.26. The first kappa shape index (κ1) is 19.9. The first-order chi connectivity index (χ1) is 14.5. The Kier molecular flexibility index (Phi) is 5.43. The lowest BCUT2D eigenvalue weighted by Crippen LogP contribution is -2.47. The van der Waals surface area contributed by atoms with Gasteiger partial charge in [0.05, 0.1) is 12.9 Å². The summed E-state index contributed by atoms with van der Waals surface area (Å²) in [5.41, 5.74) is -0.423. The van der Waals surface area contributed by atoms with Gasteiger partial charge in [-0.2, -0.15) is 0 Å². The molecule has 9 heteroatoms. The SMILES string of the molecule is Cn1cnc2c1c(=O)n(CC(=O)N1CCCC(COc3ccccc3)C1)c(=O)n2C. The molecule has 1 saturated heterocycles. The monoisotopic (exact) mass is 411 g/mol. The Hall–Kier alpha value is -3.36. The highest BCUT2D eigenvalue weighted by atomic mass is 16.5. The van der Waals surface area contributed by atoms with Crippen LogP contribution in [0, 0.1) is 5.92 Å². The number of amides is 1. The molecule has 0 N–H and O–H groups in total. The van der Waals surface area contributed by atoms with Gasteiger partial charge in [-0.1, -0.05) is 18.2 Å². The fraction of sp³-hybridized carbons (Fsp3) is 0.429. The summed E-state index contributed by atoms with van der Waals surface area (Å²) in [6.45, 7) is 1.41. The van der Waals surface area contributed by atoms with Crippen molar-refractivity contribution in [2.45, 2.75) is 19.4 Å². The maximum absolute atomic E-state index is 12.9. The van der Waals surface area contributed by atoms with Crippen LogP contribution < -0.4 is 16.0 Å². The fourth-order valence-electron chi connectivity index (χ4n) is 3.93. The third-order valence-corrected chi connectivity index (χ3v) is 5.59. The summed E-state index contributed by atoms with van der Waals surface area (Å²) in [4.78, 5) is 44.2. The Balaban J connectivity index is 1.48. The number of imidazole rings is 1. The minimum Gasteiger partial charge on any atom is -0.493 e. The molecular weight excluding hydrogens is 386 g/mol. The van der Waals surface area contributed by atoms with E-state index in [1.807, 2.05) is 30.3 Å². The third-order valence-electron chi connectivity index (χ3n) is 5.59. The summed E-state index contributed by atoms with van der Waals surface area (Å²) in [5.74, 6) is 0.780. The van der Waals surface area contributed by atoms with Gasteiger partial charge in [-0.05, 0) is 25.0 Å². The summed E-state index contributed by atoms with van der Waals surface area (Å²) in [6, 6.07) is 9.58. The van der Waals surface area contributed by atoms with E-state index in [2.05, 4.69) is 4.98 Å². The average molecular weight is 411 g/mol. The number of aromatic nitrogens is 4. The second-order valence-corrected chi connectivity index (χ2v) is 7.73. The quantitative estimate of drug-likeness (QED) is 0.618. The molecule has 4 rings (SSSR count). The van der Waals surface area contributed by atoms with Crippen molar-refractivity contribution in [2.75, 3.05) is 19.7 Å². The van der Waals surface area contributed by atoms with Gasteiger partial charge in [0.2, 0.25) is 5.91 Å². The maximum Gasteiger partial charge on any atom is 0.332 e. The lowest BCUT2D eigenvalue weighted by Gasteiger charge is -2.32. The Morgan fingerprint density at radius 1 is 1.20 bits per heavy atom. The van der Waals surface area contributed by atoms with E-state index in [0.717, 1.165) is 23.2 Å². The summed E-state index contributed by atoms with van der Waals surface area (Å²) in [6.07, 6.45) is 3.32. The number of fused-ring (bicyclic) bond motifs is 1. The van der Waals surface area contributed by atoms with Crippen molar-refractivity contribution in [1.29, 1.82) is 0 Å². The van der Waals surface area contributed by atoms with Crippen LogP contribution >= 0.6 is 0 Å². The zero-order valence-corrected chi connectivity index (χ0v) is 17.2. The number of carbonyl (C=O) groups is 1. The predicted octanol–water partition coefficient (Wildman–Crippen LogP) is 0.751. The molecule has 1 unspecified atom stereocenters. The van der Waals surface area contributed by atoms with Crippen LogP contribution in [0.4, 0.5) is 0 Å². The van der Waals surface area contributed by atoms with Crippen molar-refractivity contribution < 1.29 is 9.53 Å². The van der Waals surface area contributed by atoms with Crippen LogP contribution in [0.5, 0.6) is 5.75 Å². The Morgan fingerprint density at radius 3 is 2.73 bits per heavy atom. The zero-order valence-electron chi connectivity index (χ0n) is 17.2. The molecule has 3 heterocycles. The molecule has 9 nitrogen and oxygen atoms in total. The minimum absolute atomic E-state index is 0.210. The topological polar surface area (TPSA) is 91.4 Å². The van der Waals surface area contributed by atoms with E-state index in [9.17, 15) is 14.4 Å². The molecule has 0 radical (unpaired) electrons. The third kappa shape index (κ3) is 3.74. The summed E-state index contributed by atoms with van der Waals surface area (Å²) in [7, 11) is 3.24. The van der Waals surface area contributed by atoms with Gasteiger partial charge in [-0.15, -0.1) is 0 Å². The number of nitrogens with zero attached hydrogens (tertiary/aromatic N) is 5. The van der Waals surface area contributed by atoms with Crippen molar-refractivity contribution in [3.05, 3.63) is 57.5 Å². The molecular formula is C21H25N5O4. The fourth-order valence-corrected chi connectivity index (χ4v) is 3.93. The van der Waals surface area contributed by atoms with Crippen molar-refractivity contribution in [1.82, 2.24) is 23.6 Å². The number of ether oxygens (including phenoxy) is 1. The Labute approximate surface area is 173 Å². The molecule has 0 saturated carbocycles. The van der Waals surface area contributed by atoms with Crippen LogP contribution in [0.2, 0.25) is 0 Å². The molecule has 1 fully saturated rings. The number of hydrogen-bond donors (Lipinski definition) is 0. The van der Waals surface area contributed by atoms with E-state index >= 15 is 0 Å². The lowest BCUT2D eigenvalue weighted by atomic mass is 9.99. The van der Waals surface area contributed by atoms with Crippen LogP contribution in [0.25, 0.3) is 11.2 Å². The second-order valence-electron chi connectivity index (χ2n) is 7.73. The molecule has 1 atom stereocenters. The number of piperidine rings is 1. The molecule has 0 bridgehead atoms. The number of hydrogen-bond acceptors (Lipinski definition) is 5. The normalized spacial score (nSPS) is 16.7. The summed E-state index contributed by atoms with van der Waals surface area (Å²) >= 11 is 0. The van der Waals surface area contributed by atoms with Crippen molar-refractivity contribution in [3.8, 4) is 5.75 Å². The molecule has 2 aromatic heterocycles. The first-order valence-corrected chi connectivity index (χ1v) is 10.0. The first-order valence-electron chi connectivity index (χ1n) is 10.0. The van der Waals surface area contributed by atoms with Crippen LogP contribution in [-0.4, -0.2) is 49.2 Å². The second kappa shape index (κ2) is 8.17. The van der Waals surface area contributed by atoms with Crippen molar-refractivity contribution in [2.24, 2.45) is 20.0 Å². The molecule has 0 aliphatic carbocycles. The minimum atomic E-state index is -0.541. The van der Waals surface area contributed by atoms with Crippen molar-refractivity contribution in [3.63, 3.8) is 0 Å². The molecule has 0 spiro atoms. The number of carbonyl (C=O) groups excluding carboxylic acids is 1. The molecule has 1 aliphatic rings. The van der Waals surface area contributed by atoms with Gasteiger partial charge < -0.3 is 14.2 Å². The van der Waals surface area contributed by atoms with E-state index in [0.29, 0.717) is 30.9 Å². The van der Waals surface area contributed by atoms with E-state index in [4.69, 9.17) is 4.74 Å². The van der Waals surface area contributed by atoms with Crippen molar-refractivity contribution >= 4 is 17.1 Å². The van der Waals surface area contributed by atoms with Crippen LogP contribution in [-0.2, 0) is 25.4 Å². The Morgan fingerprint density at radius 2 is 1.97 bits per heavy atom. The molecule has 1 aliphatic heterocycles.